The van der Waals surface area contributed by atoms with Gasteiger partial charge in [0, 0.05) is 20.1 Å². The SMILES string of the molecule is CN1CCCN(C(=O)C(N)Cc2ccc(O)cc2)CC1=O. The Morgan fingerprint density at radius 1 is 1.33 bits per heavy atom. The van der Waals surface area contributed by atoms with Gasteiger partial charge in [-0.3, -0.25) is 9.59 Å². The molecule has 1 unspecified atom stereocenters. The van der Waals surface area contributed by atoms with E-state index in [9.17, 15) is 14.7 Å². The van der Waals surface area contributed by atoms with Crippen molar-refractivity contribution < 1.29 is 14.7 Å². The van der Waals surface area contributed by atoms with Crippen molar-refractivity contribution in [1.29, 1.82) is 0 Å². The minimum atomic E-state index is -0.675. The minimum absolute atomic E-state index is 0.0577. The van der Waals surface area contributed by atoms with Gasteiger partial charge in [-0.25, -0.2) is 0 Å². The third-order valence-corrected chi connectivity index (χ3v) is 3.69. The summed E-state index contributed by atoms with van der Waals surface area (Å²) in [5.41, 5.74) is 6.85. The van der Waals surface area contributed by atoms with Gasteiger partial charge in [0.05, 0.1) is 12.6 Å². The number of hydrogen-bond donors (Lipinski definition) is 2. The van der Waals surface area contributed by atoms with Crippen LogP contribution in [-0.4, -0.2) is 59.4 Å². The Hall–Kier alpha value is -2.08. The van der Waals surface area contributed by atoms with Crippen LogP contribution in [0.3, 0.4) is 0 Å². The average molecular weight is 291 g/mol. The van der Waals surface area contributed by atoms with E-state index in [1.165, 1.54) is 4.90 Å². The van der Waals surface area contributed by atoms with Gasteiger partial charge in [-0.2, -0.15) is 0 Å². The zero-order valence-electron chi connectivity index (χ0n) is 12.2. The Morgan fingerprint density at radius 2 is 2.00 bits per heavy atom. The molecule has 0 aliphatic carbocycles. The number of amides is 2. The molecule has 1 fully saturated rings. The molecule has 1 aliphatic rings. The molecular formula is C15H21N3O3. The number of carbonyl (C=O) groups is 2. The number of rotatable bonds is 3. The summed E-state index contributed by atoms with van der Waals surface area (Å²) in [6.45, 7) is 1.31. The Morgan fingerprint density at radius 3 is 2.67 bits per heavy atom. The van der Waals surface area contributed by atoms with Gasteiger partial charge in [0.1, 0.15) is 5.75 Å². The van der Waals surface area contributed by atoms with E-state index in [1.807, 2.05) is 0 Å². The maximum atomic E-state index is 12.4. The van der Waals surface area contributed by atoms with Crippen molar-refractivity contribution >= 4 is 11.8 Å². The number of phenolic OH excluding ortho intramolecular Hbond substituents is 1. The second kappa shape index (κ2) is 6.58. The summed E-state index contributed by atoms with van der Waals surface area (Å²) in [4.78, 5) is 27.3. The van der Waals surface area contributed by atoms with Crippen LogP contribution < -0.4 is 5.73 Å². The lowest BCUT2D eigenvalue weighted by Gasteiger charge is -2.23. The molecule has 114 valence electrons. The topological polar surface area (TPSA) is 86.9 Å². The van der Waals surface area contributed by atoms with E-state index in [0.717, 1.165) is 12.0 Å². The second-order valence-corrected chi connectivity index (χ2v) is 5.41. The van der Waals surface area contributed by atoms with Crippen LogP contribution in [0, 0.1) is 0 Å². The Labute approximate surface area is 124 Å². The molecule has 2 amide bonds. The van der Waals surface area contributed by atoms with Crippen molar-refractivity contribution in [3.8, 4) is 5.75 Å². The Bertz CT molecular complexity index is 515. The molecule has 6 heteroatoms. The molecule has 3 N–H and O–H groups in total. The van der Waals surface area contributed by atoms with Gasteiger partial charge in [-0.15, -0.1) is 0 Å². The van der Waals surface area contributed by atoms with E-state index in [2.05, 4.69) is 0 Å². The van der Waals surface area contributed by atoms with E-state index in [-0.39, 0.29) is 24.1 Å². The van der Waals surface area contributed by atoms with E-state index in [1.54, 1.807) is 36.2 Å². The summed E-state index contributed by atoms with van der Waals surface area (Å²) < 4.78 is 0. The van der Waals surface area contributed by atoms with Gasteiger partial charge in [0.15, 0.2) is 0 Å². The van der Waals surface area contributed by atoms with Crippen LogP contribution in [0.25, 0.3) is 0 Å². The molecule has 0 radical (unpaired) electrons. The van der Waals surface area contributed by atoms with Crippen LogP contribution in [0.5, 0.6) is 5.75 Å². The molecule has 1 atom stereocenters. The smallest absolute Gasteiger partial charge is 0.241 e. The summed E-state index contributed by atoms with van der Waals surface area (Å²) in [5, 5.41) is 9.24. The summed E-state index contributed by atoms with van der Waals surface area (Å²) >= 11 is 0. The number of aromatic hydroxyl groups is 1. The van der Waals surface area contributed by atoms with Crippen LogP contribution in [-0.2, 0) is 16.0 Å². The number of phenols is 1. The van der Waals surface area contributed by atoms with Gasteiger partial charge in [-0.1, -0.05) is 12.1 Å². The van der Waals surface area contributed by atoms with Crippen molar-refractivity contribution in [2.75, 3.05) is 26.7 Å². The van der Waals surface area contributed by atoms with E-state index < -0.39 is 6.04 Å². The molecule has 0 spiro atoms. The van der Waals surface area contributed by atoms with Gasteiger partial charge < -0.3 is 20.6 Å². The van der Waals surface area contributed by atoms with E-state index in [0.29, 0.717) is 19.5 Å². The number of carbonyl (C=O) groups excluding carboxylic acids is 2. The molecule has 1 aromatic carbocycles. The number of nitrogens with zero attached hydrogens (tertiary/aromatic N) is 2. The minimum Gasteiger partial charge on any atom is -0.508 e. The van der Waals surface area contributed by atoms with Crippen LogP contribution in [0.2, 0.25) is 0 Å². The molecule has 21 heavy (non-hydrogen) atoms. The molecule has 2 rings (SSSR count). The van der Waals surface area contributed by atoms with Crippen molar-refractivity contribution in [2.45, 2.75) is 18.9 Å². The maximum absolute atomic E-state index is 12.4. The highest BCUT2D eigenvalue weighted by molar-refractivity contribution is 5.87. The highest BCUT2D eigenvalue weighted by Crippen LogP contribution is 2.12. The van der Waals surface area contributed by atoms with Gasteiger partial charge >= 0.3 is 0 Å². The lowest BCUT2D eigenvalue weighted by atomic mass is 10.1. The molecular weight excluding hydrogens is 270 g/mol. The van der Waals surface area contributed by atoms with E-state index in [4.69, 9.17) is 5.73 Å². The Kier molecular flexibility index (Phi) is 4.80. The molecule has 0 bridgehead atoms. The fourth-order valence-corrected chi connectivity index (χ4v) is 2.38. The quantitative estimate of drug-likeness (QED) is 0.817. The first-order valence-corrected chi connectivity index (χ1v) is 7.03. The zero-order chi connectivity index (χ0) is 15.4. The highest BCUT2D eigenvalue weighted by Gasteiger charge is 2.26. The average Bonchev–Trinajstić information content (AvgIpc) is 2.63. The van der Waals surface area contributed by atoms with Gasteiger partial charge in [-0.05, 0) is 30.5 Å². The third-order valence-electron chi connectivity index (χ3n) is 3.69. The molecule has 1 aliphatic heterocycles. The maximum Gasteiger partial charge on any atom is 0.241 e. The molecule has 0 aromatic heterocycles. The standard InChI is InChI=1S/C15H21N3O3/c1-17-7-2-8-18(10-14(17)20)15(21)13(16)9-11-3-5-12(19)6-4-11/h3-6,13,19H,2,7-10,16H2,1H3. The summed E-state index contributed by atoms with van der Waals surface area (Å²) in [6, 6.07) is 5.94. The lowest BCUT2D eigenvalue weighted by molar-refractivity contribution is -0.138. The van der Waals surface area contributed by atoms with Crippen LogP contribution in [0.1, 0.15) is 12.0 Å². The summed E-state index contributed by atoms with van der Waals surface area (Å²) in [5.74, 6) is -0.0794. The monoisotopic (exact) mass is 291 g/mol. The third kappa shape index (κ3) is 3.95. The summed E-state index contributed by atoms with van der Waals surface area (Å²) in [6.07, 6.45) is 1.15. The molecule has 0 saturated carbocycles. The predicted molar refractivity (Wildman–Crippen MR) is 78.6 cm³/mol. The fraction of sp³-hybridized carbons (Fsp3) is 0.467. The first-order valence-electron chi connectivity index (χ1n) is 7.03. The van der Waals surface area contributed by atoms with Crippen molar-refractivity contribution in [2.24, 2.45) is 5.73 Å². The molecule has 6 nitrogen and oxygen atoms in total. The largest absolute Gasteiger partial charge is 0.508 e. The van der Waals surface area contributed by atoms with Crippen molar-refractivity contribution in [3.05, 3.63) is 29.8 Å². The first-order chi connectivity index (χ1) is 9.97. The molecule has 1 saturated heterocycles. The van der Waals surface area contributed by atoms with E-state index >= 15 is 0 Å². The predicted octanol–water partition coefficient (Wildman–Crippen LogP) is -0.0473. The normalized spacial score (nSPS) is 17.5. The highest BCUT2D eigenvalue weighted by atomic mass is 16.3. The lowest BCUT2D eigenvalue weighted by Crippen LogP contribution is -2.47. The fourth-order valence-electron chi connectivity index (χ4n) is 2.38. The van der Waals surface area contributed by atoms with Crippen LogP contribution >= 0.6 is 0 Å². The van der Waals surface area contributed by atoms with Crippen molar-refractivity contribution in [1.82, 2.24) is 9.80 Å². The number of hydrogen-bond acceptors (Lipinski definition) is 4. The number of nitrogens with two attached hydrogens (primary N) is 1. The van der Waals surface area contributed by atoms with Crippen LogP contribution in [0.4, 0.5) is 0 Å². The Balaban J connectivity index is 1.98. The molecule has 1 heterocycles. The first kappa shape index (κ1) is 15.3. The van der Waals surface area contributed by atoms with Crippen LogP contribution in [0.15, 0.2) is 24.3 Å². The summed E-state index contributed by atoms with van der Waals surface area (Å²) in [7, 11) is 1.74. The number of likely N-dealkylation sites (N-methyl/N-ethyl adjacent to an activating group) is 1. The zero-order valence-corrected chi connectivity index (χ0v) is 12.2. The van der Waals surface area contributed by atoms with Crippen molar-refractivity contribution in [3.63, 3.8) is 0 Å². The second-order valence-electron chi connectivity index (χ2n) is 5.41. The van der Waals surface area contributed by atoms with Gasteiger partial charge in [0.25, 0.3) is 0 Å². The van der Waals surface area contributed by atoms with Gasteiger partial charge in [0.2, 0.25) is 11.8 Å². The number of benzene rings is 1. The molecule has 1 aromatic rings.